The van der Waals surface area contributed by atoms with Gasteiger partial charge in [-0.3, -0.25) is 0 Å². The van der Waals surface area contributed by atoms with Crippen LogP contribution in [0.1, 0.15) is 145 Å². The Morgan fingerprint density at radius 2 is 1.38 bits per heavy atom. The minimum absolute atomic E-state index is 0.110. The highest BCUT2D eigenvalue weighted by Crippen LogP contribution is 2.33. The molecule has 1 saturated carbocycles. The van der Waals surface area contributed by atoms with Gasteiger partial charge in [0.25, 0.3) is 0 Å². The van der Waals surface area contributed by atoms with Crippen molar-refractivity contribution in [3.05, 3.63) is 41.5 Å². The number of allylic oxidation sites excluding steroid dienone is 2. The van der Waals surface area contributed by atoms with E-state index in [9.17, 15) is 4.79 Å². The average Bonchev–Trinajstić information content (AvgIpc) is 2.88. The van der Waals surface area contributed by atoms with E-state index in [1.807, 2.05) is 12.1 Å². The highest BCUT2D eigenvalue weighted by molar-refractivity contribution is 5.90. The van der Waals surface area contributed by atoms with Crippen molar-refractivity contribution in [2.75, 3.05) is 0 Å². The Morgan fingerprint density at radius 3 is 2.06 bits per heavy atom. The van der Waals surface area contributed by atoms with Crippen LogP contribution in [0.3, 0.4) is 0 Å². The minimum atomic E-state index is -0.141. The Balaban J connectivity index is 1.37. The monoisotopic (exact) mass is 466 g/mol. The van der Waals surface area contributed by atoms with Gasteiger partial charge in [0.15, 0.2) is 0 Å². The highest BCUT2D eigenvalue weighted by atomic mass is 16.5. The molecule has 1 atom stereocenters. The molecule has 0 radical (unpaired) electrons. The van der Waals surface area contributed by atoms with Crippen LogP contribution in [0.15, 0.2) is 30.3 Å². The molecule has 2 aliphatic rings. The van der Waals surface area contributed by atoms with E-state index in [4.69, 9.17) is 4.74 Å². The maximum atomic E-state index is 12.7. The molecule has 34 heavy (non-hydrogen) atoms. The smallest absolute Gasteiger partial charge is 0.338 e. The van der Waals surface area contributed by atoms with Gasteiger partial charge >= 0.3 is 5.97 Å². The minimum Gasteiger partial charge on any atom is -0.459 e. The van der Waals surface area contributed by atoms with E-state index in [2.05, 4.69) is 32.1 Å². The van der Waals surface area contributed by atoms with Crippen molar-refractivity contribution in [2.45, 2.75) is 136 Å². The van der Waals surface area contributed by atoms with Crippen molar-refractivity contribution in [1.29, 1.82) is 0 Å². The fourth-order valence-corrected chi connectivity index (χ4v) is 5.89. The number of hydrogen-bond acceptors (Lipinski definition) is 2. The molecule has 0 amide bonds. The topological polar surface area (TPSA) is 26.3 Å². The number of unbranched alkanes of at least 4 members (excludes halogenated alkanes) is 7. The summed E-state index contributed by atoms with van der Waals surface area (Å²) in [5.74, 6) is 1.57. The molecule has 190 valence electrons. The first kappa shape index (κ1) is 27.0. The van der Waals surface area contributed by atoms with Crippen molar-refractivity contribution in [2.24, 2.45) is 11.8 Å². The highest BCUT2D eigenvalue weighted by Gasteiger charge is 2.24. The number of benzene rings is 1. The van der Waals surface area contributed by atoms with Gasteiger partial charge in [-0.05, 0) is 80.1 Å². The van der Waals surface area contributed by atoms with E-state index in [1.165, 1.54) is 114 Å². The number of rotatable bonds is 14. The summed E-state index contributed by atoms with van der Waals surface area (Å²) in [6.07, 6.45) is 25.9. The predicted molar refractivity (Wildman–Crippen MR) is 145 cm³/mol. The lowest BCUT2D eigenvalue weighted by Gasteiger charge is -2.28. The molecule has 1 fully saturated rings. The van der Waals surface area contributed by atoms with Crippen LogP contribution >= 0.6 is 0 Å². The first-order chi connectivity index (χ1) is 16.7. The second-order valence-corrected chi connectivity index (χ2v) is 11.0. The first-order valence-corrected chi connectivity index (χ1v) is 14.7. The second-order valence-electron chi connectivity index (χ2n) is 11.0. The van der Waals surface area contributed by atoms with Gasteiger partial charge in [-0.15, -0.1) is 0 Å². The van der Waals surface area contributed by atoms with Gasteiger partial charge < -0.3 is 4.74 Å². The molecule has 0 heterocycles. The standard InChI is InChI=1S/C32H50O2/c1-3-5-7-8-9-11-13-26-14-18-28(19-15-26)29-20-22-30(23-21-29)32(33)34-31-24-16-27(17-25-31)12-10-6-4-2/h18,20-23,26-27,31H,3-17,19,24-25H2,1-2H3/t26?,27-,31-. The van der Waals surface area contributed by atoms with E-state index < -0.39 is 0 Å². The molecule has 0 saturated heterocycles. The summed E-state index contributed by atoms with van der Waals surface area (Å²) in [5, 5.41) is 0. The molecule has 3 rings (SSSR count). The van der Waals surface area contributed by atoms with Crippen molar-refractivity contribution in [1.82, 2.24) is 0 Å². The van der Waals surface area contributed by atoms with Crippen LogP contribution in [-0.4, -0.2) is 12.1 Å². The fourth-order valence-electron chi connectivity index (χ4n) is 5.89. The van der Waals surface area contributed by atoms with Crippen molar-refractivity contribution < 1.29 is 9.53 Å². The zero-order valence-electron chi connectivity index (χ0n) is 22.2. The fraction of sp³-hybridized carbons (Fsp3) is 0.719. The van der Waals surface area contributed by atoms with Crippen LogP contribution < -0.4 is 0 Å². The lowest BCUT2D eigenvalue weighted by molar-refractivity contribution is 0.0161. The number of esters is 1. The Kier molecular flexibility index (Phi) is 12.3. The Labute approximate surface area is 209 Å². The van der Waals surface area contributed by atoms with Gasteiger partial charge in [0, 0.05) is 0 Å². The SMILES string of the molecule is CCCCCCCCC1CC=C(c2ccc(C(=O)O[C@H]3CC[C@H](CCCCC)CC3)cc2)CC1. The summed E-state index contributed by atoms with van der Waals surface area (Å²) < 4.78 is 5.87. The van der Waals surface area contributed by atoms with Gasteiger partial charge in [0.05, 0.1) is 5.56 Å². The molecule has 0 N–H and O–H groups in total. The molecule has 1 aromatic rings. The Bertz CT molecular complexity index is 724. The lowest BCUT2D eigenvalue weighted by Crippen LogP contribution is -2.24. The third-order valence-electron chi connectivity index (χ3n) is 8.26. The molecule has 2 aliphatic carbocycles. The number of hydrogen-bond donors (Lipinski definition) is 0. The van der Waals surface area contributed by atoms with E-state index in [0.717, 1.165) is 24.7 Å². The third kappa shape index (κ3) is 9.23. The van der Waals surface area contributed by atoms with Crippen molar-refractivity contribution in [3.8, 4) is 0 Å². The van der Waals surface area contributed by atoms with Crippen LogP contribution in [0.25, 0.3) is 5.57 Å². The van der Waals surface area contributed by atoms with Gasteiger partial charge in [-0.2, -0.15) is 0 Å². The lowest BCUT2D eigenvalue weighted by atomic mass is 9.83. The van der Waals surface area contributed by atoms with E-state index in [0.29, 0.717) is 5.56 Å². The largest absolute Gasteiger partial charge is 0.459 e. The Hall–Kier alpha value is -1.57. The Morgan fingerprint density at radius 1 is 0.765 bits per heavy atom. The van der Waals surface area contributed by atoms with Crippen LogP contribution in [0.2, 0.25) is 0 Å². The average molecular weight is 467 g/mol. The van der Waals surface area contributed by atoms with E-state index in [-0.39, 0.29) is 12.1 Å². The first-order valence-electron chi connectivity index (χ1n) is 14.7. The maximum Gasteiger partial charge on any atom is 0.338 e. The molecule has 1 aromatic carbocycles. The molecule has 2 nitrogen and oxygen atoms in total. The van der Waals surface area contributed by atoms with E-state index >= 15 is 0 Å². The maximum absolute atomic E-state index is 12.7. The summed E-state index contributed by atoms with van der Waals surface area (Å²) in [6.45, 7) is 4.55. The van der Waals surface area contributed by atoms with Crippen LogP contribution in [0.5, 0.6) is 0 Å². The predicted octanol–water partition coefficient (Wildman–Crippen LogP) is 9.92. The van der Waals surface area contributed by atoms with Gasteiger partial charge in [0.2, 0.25) is 0 Å². The molecule has 0 aliphatic heterocycles. The summed E-state index contributed by atoms with van der Waals surface area (Å²) in [6, 6.07) is 8.19. The molecule has 0 aromatic heterocycles. The third-order valence-corrected chi connectivity index (χ3v) is 8.26. The van der Waals surface area contributed by atoms with Crippen molar-refractivity contribution >= 4 is 11.5 Å². The molecular formula is C32H50O2. The quantitative estimate of drug-likeness (QED) is 0.201. The summed E-state index contributed by atoms with van der Waals surface area (Å²) in [5.41, 5.74) is 3.44. The zero-order chi connectivity index (χ0) is 24.0. The molecular weight excluding hydrogens is 416 g/mol. The molecule has 2 heteroatoms. The van der Waals surface area contributed by atoms with Gasteiger partial charge in [0.1, 0.15) is 6.10 Å². The molecule has 1 unspecified atom stereocenters. The van der Waals surface area contributed by atoms with Crippen LogP contribution in [0.4, 0.5) is 0 Å². The van der Waals surface area contributed by atoms with Crippen LogP contribution in [0, 0.1) is 11.8 Å². The second kappa shape index (κ2) is 15.4. The van der Waals surface area contributed by atoms with E-state index in [1.54, 1.807) is 0 Å². The normalized spacial score (nSPS) is 22.9. The summed E-state index contributed by atoms with van der Waals surface area (Å²) in [7, 11) is 0. The number of carbonyl (C=O) groups is 1. The summed E-state index contributed by atoms with van der Waals surface area (Å²) >= 11 is 0. The van der Waals surface area contributed by atoms with Gasteiger partial charge in [-0.1, -0.05) is 103 Å². The van der Waals surface area contributed by atoms with Crippen molar-refractivity contribution in [3.63, 3.8) is 0 Å². The molecule has 0 bridgehead atoms. The summed E-state index contributed by atoms with van der Waals surface area (Å²) in [4.78, 5) is 12.7. The number of carbonyl (C=O) groups excluding carboxylic acids is 1. The van der Waals surface area contributed by atoms with Gasteiger partial charge in [-0.25, -0.2) is 4.79 Å². The molecule has 0 spiro atoms. The zero-order valence-corrected chi connectivity index (χ0v) is 22.2. The number of ether oxygens (including phenoxy) is 1. The van der Waals surface area contributed by atoms with Crippen LogP contribution in [-0.2, 0) is 4.74 Å².